The van der Waals surface area contributed by atoms with E-state index in [4.69, 9.17) is 0 Å². The first kappa shape index (κ1) is 21.4. The third-order valence-electron chi connectivity index (χ3n) is 7.11. The van der Waals surface area contributed by atoms with Crippen LogP contribution < -0.4 is 4.90 Å². The molecule has 0 aliphatic carbocycles. The van der Waals surface area contributed by atoms with Gasteiger partial charge in [0.15, 0.2) is 5.71 Å². The van der Waals surface area contributed by atoms with Gasteiger partial charge in [0.1, 0.15) is 7.05 Å². The molecule has 2 aromatic carbocycles. The number of rotatable bonds is 3. The normalized spacial score (nSPS) is 20.4. The minimum atomic E-state index is 0.00602. The molecule has 0 amide bonds. The second kappa shape index (κ2) is 7.37. The van der Waals surface area contributed by atoms with Crippen LogP contribution >= 0.6 is 0 Å². The van der Waals surface area contributed by atoms with E-state index in [1.165, 1.54) is 45.0 Å². The maximum absolute atomic E-state index is 2.32. The largest absolute Gasteiger partial charge is 0.347 e. The van der Waals surface area contributed by atoms with Crippen LogP contribution in [-0.2, 0) is 10.8 Å². The number of benzene rings is 2. The first-order valence-electron chi connectivity index (χ1n) is 11.2. The summed E-state index contributed by atoms with van der Waals surface area (Å²) in [5.41, 5.74) is 10.7. The predicted molar refractivity (Wildman–Crippen MR) is 134 cm³/mol. The van der Waals surface area contributed by atoms with Gasteiger partial charge in [0, 0.05) is 41.6 Å². The smallest absolute Gasteiger partial charge is 0.209 e. The second-order valence-electron chi connectivity index (χ2n) is 10.1. The lowest BCUT2D eigenvalue weighted by molar-refractivity contribution is -0.401. The monoisotopic (exact) mass is 411 g/mol. The number of aryl methyl sites for hydroxylation is 2. The van der Waals surface area contributed by atoms with Crippen molar-refractivity contribution in [3.05, 3.63) is 94.7 Å². The lowest BCUT2D eigenvalue weighted by Crippen LogP contribution is -2.26. The molecule has 0 radical (unpaired) electrons. The molecule has 2 heteroatoms. The number of allylic oxidation sites excluding steroid dienone is 6. The van der Waals surface area contributed by atoms with Gasteiger partial charge in [0.25, 0.3) is 0 Å². The third kappa shape index (κ3) is 3.39. The molecule has 4 rings (SSSR count). The van der Waals surface area contributed by atoms with Crippen molar-refractivity contribution < 1.29 is 4.58 Å². The van der Waals surface area contributed by atoms with Crippen molar-refractivity contribution in [3.63, 3.8) is 0 Å². The molecule has 31 heavy (non-hydrogen) atoms. The summed E-state index contributed by atoms with van der Waals surface area (Å²) < 4.78 is 2.32. The zero-order valence-corrected chi connectivity index (χ0v) is 20.2. The van der Waals surface area contributed by atoms with E-state index in [1.54, 1.807) is 0 Å². The molecule has 2 aliphatic rings. The predicted octanol–water partition coefficient (Wildman–Crippen LogP) is 6.73. The van der Waals surface area contributed by atoms with E-state index in [9.17, 15) is 0 Å². The zero-order valence-electron chi connectivity index (χ0n) is 20.2. The Morgan fingerprint density at radius 3 is 2.16 bits per heavy atom. The van der Waals surface area contributed by atoms with Gasteiger partial charge in [-0.05, 0) is 51.5 Å². The van der Waals surface area contributed by atoms with Crippen LogP contribution in [0.15, 0.2) is 72.5 Å². The first-order chi connectivity index (χ1) is 14.5. The van der Waals surface area contributed by atoms with Gasteiger partial charge in [-0.1, -0.05) is 61.4 Å². The van der Waals surface area contributed by atoms with Crippen molar-refractivity contribution in [2.75, 3.05) is 19.0 Å². The summed E-state index contributed by atoms with van der Waals surface area (Å²) in [6.07, 6.45) is 11.0. The van der Waals surface area contributed by atoms with Gasteiger partial charge in [-0.3, -0.25) is 0 Å². The molecule has 2 aliphatic heterocycles. The minimum Gasteiger partial charge on any atom is -0.347 e. The molecule has 0 saturated carbocycles. The molecule has 2 nitrogen and oxygen atoms in total. The number of fused-ring (bicyclic) bond motifs is 2. The van der Waals surface area contributed by atoms with E-state index in [0.717, 1.165) is 0 Å². The van der Waals surface area contributed by atoms with Crippen molar-refractivity contribution in [1.82, 2.24) is 0 Å². The van der Waals surface area contributed by atoms with E-state index in [1.807, 2.05) is 0 Å². The topological polar surface area (TPSA) is 6.25 Å². The molecule has 0 unspecified atom stereocenters. The first-order valence-corrected chi connectivity index (χ1v) is 11.2. The fourth-order valence-electron chi connectivity index (χ4n) is 5.26. The number of hydrogen-bond donors (Lipinski definition) is 0. The van der Waals surface area contributed by atoms with Gasteiger partial charge in [-0.2, -0.15) is 4.58 Å². The summed E-state index contributed by atoms with van der Waals surface area (Å²) in [4.78, 5) is 2.32. The van der Waals surface area contributed by atoms with Gasteiger partial charge in [-0.25, -0.2) is 0 Å². The van der Waals surface area contributed by atoms with E-state index >= 15 is 0 Å². The Hall–Kier alpha value is -2.87. The third-order valence-corrected chi connectivity index (χ3v) is 7.11. The zero-order chi connectivity index (χ0) is 22.6. The molecule has 0 saturated heterocycles. The highest BCUT2D eigenvalue weighted by atomic mass is 15.2. The van der Waals surface area contributed by atoms with E-state index < -0.39 is 0 Å². The fourth-order valence-corrected chi connectivity index (χ4v) is 5.26. The Morgan fingerprint density at radius 2 is 1.45 bits per heavy atom. The lowest BCUT2D eigenvalue weighted by Gasteiger charge is -2.23. The second-order valence-corrected chi connectivity index (χ2v) is 10.1. The summed E-state index contributed by atoms with van der Waals surface area (Å²) >= 11 is 0. The Morgan fingerprint density at radius 1 is 0.806 bits per heavy atom. The molecule has 160 valence electrons. The molecule has 0 N–H and O–H groups in total. The van der Waals surface area contributed by atoms with Crippen LogP contribution in [0.2, 0.25) is 0 Å². The number of hydrogen-bond acceptors (Lipinski definition) is 1. The van der Waals surface area contributed by atoms with Crippen LogP contribution in [0.25, 0.3) is 0 Å². The summed E-state index contributed by atoms with van der Waals surface area (Å²) in [5.74, 6) is 0. The van der Waals surface area contributed by atoms with Gasteiger partial charge in [0.2, 0.25) is 5.69 Å². The molecule has 0 spiro atoms. The molecule has 0 atom stereocenters. The average Bonchev–Trinajstić information content (AvgIpc) is 3.00. The van der Waals surface area contributed by atoms with Crippen LogP contribution in [0.3, 0.4) is 0 Å². The quantitative estimate of drug-likeness (QED) is 0.401. The van der Waals surface area contributed by atoms with E-state index in [-0.39, 0.29) is 10.8 Å². The van der Waals surface area contributed by atoms with Crippen molar-refractivity contribution in [2.24, 2.45) is 0 Å². The fraction of sp³-hybridized carbons (Fsp3) is 0.345. The lowest BCUT2D eigenvalue weighted by atomic mass is 9.81. The maximum atomic E-state index is 2.32. The van der Waals surface area contributed by atoms with Crippen LogP contribution in [-0.4, -0.2) is 24.4 Å². The molecular formula is C29H35N2+. The summed E-state index contributed by atoms with van der Waals surface area (Å²) in [7, 11) is 4.34. The summed E-state index contributed by atoms with van der Waals surface area (Å²) in [6, 6.07) is 13.5. The molecule has 2 aromatic rings. The summed E-state index contributed by atoms with van der Waals surface area (Å²) in [5, 5.41) is 0. The van der Waals surface area contributed by atoms with Gasteiger partial charge >= 0.3 is 0 Å². The maximum Gasteiger partial charge on any atom is 0.209 e. The Labute approximate surface area is 187 Å². The standard InChI is InChI=1S/C29H35N2/c1-20-14-16-24-22(18-20)28(3,4)26(30(24)7)12-10-9-11-13-27-29(5,6)23-19-21(2)15-17-25(23)31(27)8/h9-19H,1-8H3/q+1. The minimum absolute atomic E-state index is 0.00602. The highest BCUT2D eigenvalue weighted by Crippen LogP contribution is 2.47. The van der Waals surface area contributed by atoms with E-state index in [0.29, 0.717) is 0 Å². The van der Waals surface area contributed by atoms with Crippen LogP contribution in [0.1, 0.15) is 49.9 Å². The van der Waals surface area contributed by atoms with Gasteiger partial charge in [0.05, 0.1) is 5.41 Å². The molecular weight excluding hydrogens is 376 g/mol. The number of nitrogens with zero attached hydrogens (tertiary/aromatic N) is 2. The number of likely N-dealkylation sites (N-methyl/N-ethyl adjacent to an activating group) is 1. The Bertz CT molecular complexity index is 1170. The SMILES string of the molecule is Cc1ccc2c(c1)C(C)(C)C(=CC=CC=CC1=[N+](C)c3ccc(C)cc3C1(C)C)N2C. The van der Waals surface area contributed by atoms with Crippen LogP contribution in [0.5, 0.6) is 0 Å². The molecule has 0 bridgehead atoms. The molecule has 0 aromatic heterocycles. The van der Waals surface area contributed by atoms with Crippen molar-refractivity contribution >= 4 is 17.1 Å². The molecule has 2 heterocycles. The number of anilines is 1. The van der Waals surface area contributed by atoms with Crippen molar-refractivity contribution in [2.45, 2.75) is 52.4 Å². The van der Waals surface area contributed by atoms with Crippen molar-refractivity contribution in [3.8, 4) is 0 Å². The Balaban J connectivity index is 1.57. The highest BCUT2D eigenvalue weighted by molar-refractivity contribution is 6.03. The molecule has 0 fully saturated rings. The Kier molecular flexibility index (Phi) is 5.08. The van der Waals surface area contributed by atoms with Crippen LogP contribution in [0.4, 0.5) is 11.4 Å². The van der Waals surface area contributed by atoms with E-state index in [2.05, 4.69) is 132 Å². The van der Waals surface area contributed by atoms with Gasteiger partial charge < -0.3 is 4.90 Å². The van der Waals surface area contributed by atoms with Gasteiger partial charge in [-0.15, -0.1) is 0 Å². The summed E-state index contributed by atoms with van der Waals surface area (Å²) in [6.45, 7) is 13.6. The van der Waals surface area contributed by atoms with Crippen LogP contribution in [0, 0.1) is 13.8 Å². The van der Waals surface area contributed by atoms with Crippen molar-refractivity contribution in [1.29, 1.82) is 0 Å². The highest BCUT2D eigenvalue weighted by Gasteiger charge is 2.42. The average molecular weight is 412 g/mol.